The number of aromatic nitrogens is 5. The average Bonchev–Trinajstić information content (AvgIpc) is 3.59. The van der Waals surface area contributed by atoms with Gasteiger partial charge in [0.15, 0.2) is 5.82 Å². The third-order valence-corrected chi connectivity index (χ3v) is 6.86. The summed E-state index contributed by atoms with van der Waals surface area (Å²) < 4.78 is 12.6. The number of H-pyrrole nitrogens is 1. The van der Waals surface area contributed by atoms with Crippen molar-refractivity contribution in [1.82, 2.24) is 30.1 Å². The summed E-state index contributed by atoms with van der Waals surface area (Å²) >= 11 is 0. The number of nitrogens with one attached hydrogen (secondary N) is 1. The molecule has 3 aromatic heterocycles. The maximum absolute atomic E-state index is 13.3. The van der Waals surface area contributed by atoms with Crippen LogP contribution in [-0.4, -0.2) is 37.2 Å². The Kier molecular flexibility index (Phi) is 7.37. The van der Waals surface area contributed by atoms with E-state index in [2.05, 4.69) is 51.4 Å². The molecule has 0 amide bonds. The van der Waals surface area contributed by atoms with Crippen LogP contribution in [-0.2, 0) is 19.6 Å². The lowest BCUT2D eigenvalue weighted by Gasteiger charge is -2.30. The number of furan rings is 1. The summed E-state index contributed by atoms with van der Waals surface area (Å²) in [5, 5.41) is 13.7. The van der Waals surface area contributed by atoms with Gasteiger partial charge in [0.25, 0.3) is 5.56 Å². The van der Waals surface area contributed by atoms with E-state index < -0.39 is 0 Å². The van der Waals surface area contributed by atoms with Gasteiger partial charge >= 0.3 is 0 Å². The van der Waals surface area contributed by atoms with Crippen molar-refractivity contribution in [2.75, 3.05) is 7.11 Å². The molecule has 5 rings (SSSR count). The first-order chi connectivity index (χ1) is 18.4. The van der Waals surface area contributed by atoms with Crippen molar-refractivity contribution in [2.24, 2.45) is 0 Å². The number of aromatic amines is 1. The number of hydrogen-bond donors (Lipinski definition) is 1. The van der Waals surface area contributed by atoms with Crippen LogP contribution in [0.2, 0.25) is 0 Å². The number of benzene rings is 2. The van der Waals surface area contributed by atoms with Gasteiger partial charge in [-0.15, -0.1) is 5.10 Å². The molecule has 0 spiro atoms. The normalized spacial score (nSPS) is 12.3. The van der Waals surface area contributed by atoms with E-state index in [0.29, 0.717) is 25.2 Å². The van der Waals surface area contributed by atoms with Crippen molar-refractivity contribution in [3.05, 3.63) is 105 Å². The number of pyridine rings is 1. The Morgan fingerprint density at radius 2 is 1.92 bits per heavy atom. The van der Waals surface area contributed by atoms with Gasteiger partial charge in [-0.1, -0.05) is 30.7 Å². The molecule has 0 fully saturated rings. The largest absolute Gasteiger partial charge is 0.497 e. The second kappa shape index (κ2) is 11.0. The minimum Gasteiger partial charge on any atom is -0.497 e. The Morgan fingerprint density at radius 3 is 2.63 bits per heavy atom. The highest BCUT2D eigenvalue weighted by atomic mass is 16.5. The Bertz CT molecular complexity index is 1570. The van der Waals surface area contributed by atoms with Gasteiger partial charge in [0.05, 0.1) is 24.9 Å². The molecule has 0 saturated heterocycles. The van der Waals surface area contributed by atoms with E-state index in [1.165, 1.54) is 0 Å². The molecule has 38 heavy (non-hydrogen) atoms. The van der Waals surface area contributed by atoms with Gasteiger partial charge in [-0.2, -0.15) is 0 Å². The zero-order valence-corrected chi connectivity index (χ0v) is 22.1. The monoisotopic (exact) mass is 512 g/mol. The van der Waals surface area contributed by atoms with Gasteiger partial charge in [-0.05, 0) is 83.6 Å². The molecule has 0 bridgehead atoms. The smallest absolute Gasteiger partial charge is 0.252 e. The molecule has 1 N–H and O–H groups in total. The van der Waals surface area contributed by atoms with E-state index >= 15 is 0 Å². The van der Waals surface area contributed by atoms with Gasteiger partial charge in [0.1, 0.15) is 18.1 Å². The molecule has 0 radical (unpaired) electrons. The lowest BCUT2D eigenvalue weighted by atomic mass is 10.0. The van der Waals surface area contributed by atoms with E-state index in [1.54, 1.807) is 18.1 Å². The molecule has 9 nitrogen and oxygen atoms in total. The van der Waals surface area contributed by atoms with Crippen LogP contribution in [0.25, 0.3) is 10.9 Å². The maximum atomic E-state index is 13.3. The molecule has 2 aromatic carbocycles. The highest BCUT2D eigenvalue weighted by Crippen LogP contribution is 2.28. The van der Waals surface area contributed by atoms with E-state index in [1.807, 2.05) is 49.4 Å². The Hall–Kier alpha value is -4.24. The molecule has 0 aliphatic carbocycles. The van der Waals surface area contributed by atoms with Crippen molar-refractivity contribution >= 4 is 10.9 Å². The first-order valence-corrected chi connectivity index (χ1v) is 12.7. The lowest BCUT2D eigenvalue weighted by Crippen LogP contribution is -2.32. The minimum absolute atomic E-state index is 0.0887. The van der Waals surface area contributed by atoms with Crippen molar-refractivity contribution in [3.63, 3.8) is 0 Å². The third-order valence-electron chi connectivity index (χ3n) is 6.86. The molecule has 5 aromatic rings. The van der Waals surface area contributed by atoms with Crippen LogP contribution < -0.4 is 10.3 Å². The van der Waals surface area contributed by atoms with Crippen molar-refractivity contribution < 1.29 is 9.15 Å². The highest BCUT2D eigenvalue weighted by Gasteiger charge is 2.26. The second-order valence-electron chi connectivity index (χ2n) is 9.62. The number of methoxy groups -OCH3 is 1. The summed E-state index contributed by atoms with van der Waals surface area (Å²) in [6, 6.07) is 17.8. The van der Waals surface area contributed by atoms with Crippen LogP contribution in [0.4, 0.5) is 0 Å². The predicted molar refractivity (Wildman–Crippen MR) is 145 cm³/mol. The summed E-state index contributed by atoms with van der Waals surface area (Å²) in [5.74, 6) is 2.29. The molecular formula is C29H32N6O3. The number of fused-ring (bicyclic) bond motifs is 1. The van der Waals surface area contributed by atoms with E-state index in [4.69, 9.17) is 9.15 Å². The lowest BCUT2D eigenvalue weighted by molar-refractivity contribution is 0.161. The first kappa shape index (κ1) is 25.4. The number of aryl methyl sites for hydroxylation is 2. The van der Waals surface area contributed by atoms with Crippen LogP contribution in [0, 0.1) is 13.8 Å². The fraction of sp³-hybridized carbons (Fsp3) is 0.310. The van der Waals surface area contributed by atoms with Gasteiger partial charge in [-0.3, -0.25) is 9.69 Å². The van der Waals surface area contributed by atoms with Crippen LogP contribution in [0.15, 0.2) is 70.1 Å². The summed E-state index contributed by atoms with van der Waals surface area (Å²) in [6.45, 7) is 7.65. The van der Waals surface area contributed by atoms with Crippen molar-refractivity contribution in [2.45, 2.75) is 52.9 Å². The topological polar surface area (TPSA) is 102 Å². The zero-order valence-electron chi connectivity index (χ0n) is 22.1. The van der Waals surface area contributed by atoms with Crippen molar-refractivity contribution in [3.8, 4) is 5.75 Å². The standard InChI is InChI=1S/C29H32N6O3/c1-5-26(28-31-32-33-35(28)18-25-7-6-12-38-25)34(16-21-8-10-24(37-4)11-9-21)17-23-15-22-14-19(2)13-20(3)27(22)30-29(23)36/h6-15,26H,5,16-18H2,1-4H3,(H,30,36)/t26-/m1/s1. The zero-order chi connectivity index (χ0) is 26.6. The van der Waals surface area contributed by atoms with E-state index in [-0.39, 0.29) is 11.6 Å². The number of hydrogen-bond acceptors (Lipinski definition) is 7. The van der Waals surface area contributed by atoms with Gasteiger partial charge in [-0.25, -0.2) is 4.68 Å². The highest BCUT2D eigenvalue weighted by molar-refractivity contribution is 5.82. The van der Waals surface area contributed by atoms with E-state index in [0.717, 1.165) is 51.3 Å². The maximum Gasteiger partial charge on any atom is 0.252 e. The van der Waals surface area contributed by atoms with Crippen molar-refractivity contribution in [1.29, 1.82) is 0 Å². The molecule has 1 atom stereocenters. The predicted octanol–water partition coefficient (Wildman–Crippen LogP) is 4.93. The molecular weight excluding hydrogens is 480 g/mol. The first-order valence-electron chi connectivity index (χ1n) is 12.7. The number of tetrazole rings is 1. The summed E-state index contributed by atoms with van der Waals surface area (Å²) in [4.78, 5) is 18.6. The summed E-state index contributed by atoms with van der Waals surface area (Å²) in [7, 11) is 1.66. The summed E-state index contributed by atoms with van der Waals surface area (Å²) in [6.07, 6.45) is 2.39. The van der Waals surface area contributed by atoms with Gasteiger partial charge < -0.3 is 14.1 Å². The molecule has 0 saturated carbocycles. The second-order valence-corrected chi connectivity index (χ2v) is 9.62. The number of ether oxygens (including phenoxy) is 1. The SMILES string of the molecule is CC[C@H](c1nnnn1Cc1ccco1)N(Cc1ccc(OC)cc1)Cc1cc2cc(C)cc(C)c2[nH]c1=O. The van der Waals surface area contributed by atoms with Crippen LogP contribution in [0.1, 0.15) is 53.2 Å². The van der Waals surface area contributed by atoms with Crippen LogP contribution in [0.5, 0.6) is 5.75 Å². The fourth-order valence-corrected chi connectivity index (χ4v) is 5.03. The number of nitrogens with zero attached hydrogens (tertiary/aromatic N) is 5. The van der Waals surface area contributed by atoms with Gasteiger partial charge in [0, 0.05) is 18.7 Å². The molecule has 9 heteroatoms. The minimum atomic E-state index is -0.142. The third kappa shape index (κ3) is 5.38. The number of rotatable bonds is 10. The molecule has 0 aliphatic rings. The molecule has 0 aliphatic heterocycles. The quantitative estimate of drug-likeness (QED) is 0.283. The summed E-state index contributed by atoms with van der Waals surface area (Å²) in [5.41, 5.74) is 4.79. The Labute approximate surface area is 221 Å². The molecule has 3 heterocycles. The molecule has 0 unspecified atom stereocenters. The molecule has 196 valence electrons. The average molecular weight is 513 g/mol. The van der Waals surface area contributed by atoms with Gasteiger partial charge in [0.2, 0.25) is 0 Å². The van der Waals surface area contributed by atoms with Crippen LogP contribution in [0.3, 0.4) is 0 Å². The fourth-order valence-electron chi connectivity index (χ4n) is 5.03. The Balaban J connectivity index is 1.53. The van der Waals surface area contributed by atoms with Crippen LogP contribution >= 0.6 is 0 Å². The Morgan fingerprint density at radius 1 is 1.11 bits per heavy atom. The van der Waals surface area contributed by atoms with E-state index in [9.17, 15) is 4.79 Å².